The van der Waals surface area contributed by atoms with Crippen LogP contribution in [0.1, 0.15) is 25.0 Å². The maximum atomic E-state index is 12.4. The number of nitrogens with zero attached hydrogens (tertiary/aromatic N) is 3. The summed E-state index contributed by atoms with van der Waals surface area (Å²) in [5.41, 5.74) is 4.15. The predicted octanol–water partition coefficient (Wildman–Crippen LogP) is 2.78. The number of allylic oxidation sites excluding steroid dienone is 1. The van der Waals surface area contributed by atoms with E-state index in [2.05, 4.69) is 26.0 Å². The highest BCUT2D eigenvalue weighted by atomic mass is 31.2. The summed E-state index contributed by atoms with van der Waals surface area (Å²) < 4.78 is 4.86. The van der Waals surface area contributed by atoms with E-state index in [9.17, 15) is 9.59 Å². The largest absolute Gasteiger partial charge is 0.427 e. The van der Waals surface area contributed by atoms with Crippen LogP contribution in [0.2, 0.25) is 0 Å². The number of carbonyl (C=O) groups excluding carboxylic acids is 2. The lowest BCUT2D eigenvalue weighted by Crippen LogP contribution is -2.29. The van der Waals surface area contributed by atoms with Crippen LogP contribution in [0.15, 0.2) is 77.8 Å². The number of ketones is 2. The third-order valence-corrected chi connectivity index (χ3v) is 7.12. The van der Waals surface area contributed by atoms with Crippen molar-refractivity contribution in [2.24, 2.45) is 0 Å². The van der Waals surface area contributed by atoms with E-state index >= 15 is 0 Å². The topological polar surface area (TPSA) is 92.9 Å². The molecule has 8 nitrogen and oxygen atoms in total. The van der Waals surface area contributed by atoms with Gasteiger partial charge >= 0.3 is 8.60 Å². The standard InChI is InChI=1S/C15H17O3P.C12H13N3O2/c1-15(2,12-6-4-3-5-7-12)13-8-10-14(11-9-13)18-19(16)17;16-9-7-8(13-1-2-13)12(17)11(15-5-6-15)10(9)14-3-4-14/h3-11,16-17H,1-2H3;7H,1-6H2. The Bertz CT molecular complexity index is 1210. The Morgan fingerprint density at radius 1 is 0.750 bits per heavy atom. The van der Waals surface area contributed by atoms with E-state index in [-0.39, 0.29) is 17.0 Å². The fourth-order valence-corrected chi connectivity index (χ4v) is 4.63. The first-order valence-corrected chi connectivity index (χ1v) is 13.2. The van der Waals surface area contributed by atoms with Crippen LogP contribution in [0.3, 0.4) is 0 Å². The number of hydrogen-bond acceptors (Lipinski definition) is 8. The molecular weight excluding hydrogens is 477 g/mol. The molecule has 0 radical (unpaired) electrons. The molecule has 9 heteroatoms. The van der Waals surface area contributed by atoms with Crippen LogP contribution >= 0.6 is 8.60 Å². The first kappa shape index (κ1) is 24.5. The normalized spacial score (nSPS) is 18.7. The average Bonchev–Trinajstić information content (AvgIpc) is 3.70. The molecule has 0 saturated carbocycles. The average molecular weight is 508 g/mol. The van der Waals surface area contributed by atoms with Crippen LogP contribution in [0.25, 0.3) is 0 Å². The number of benzene rings is 2. The van der Waals surface area contributed by atoms with Gasteiger partial charge in [-0.2, -0.15) is 0 Å². The van der Waals surface area contributed by atoms with Crippen LogP contribution in [0.5, 0.6) is 5.75 Å². The summed E-state index contributed by atoms with van der Waals surface area (Å²) in [6.45, 7) is 9.72. The molecule has 0 spiro atoms. The molecule has 0 amide bonds. The quantitative estimate of drug-likeness (QED) is 0.336. The van der Waals surface area contributed by atoms with E-state index in [0.717, 1.165) is 44.8 Å². The Kier molecular flexibility index (Phi) is 6.60. The molecule has 3 heterocycles. The number of rotatable bonds is 7. The van der Waals surface area contributed by atoms with Crippen LogP contribution in [-0.2, 0) is 15.0 Å². The van der Waals surface area contributed by atoms with Gasteiger partial charge in [-0.05, 0) is 23.3 Å². The van der Waals surface area contributed by atoms with Crippen LogP contribution in [-0.4, -0.2) is 75.3 Å². The smallest absolute Gasteiger partial charge is 0.391 e. The monoisotopic (exact) mass is 507 g/mol. The second-order valence-electron chi connectivity index (χ2n) is 9.74. The van der Waals surface area contributed by atoms with Gasteiger partial charge in [-0.15, -0.1) is 0 Å². The van der Waals surface area contributed by atoms with Crippen LogP contribution in [0.4, 0.5) is 0 Å². The van der Waals surface area contributed by atoms with Gasteiger partial charge in [0.1, 0.15) is 17.1 Å². The summed E-state index contributed by atoms with van der Waals surface area (Å²) in [6.07, 6.45) is 1.52. The number of carbonyl (C=O) groups is 2. The fourth-order valence-electron chi connectivity index (χ4n) is 4.32. The molecule has 4 aliphatic rings. The van der Waals surface area contributed by atoms with Gasteiger partial charge < -0.3 is 29.0 Å². The highest BCUT2D eigenvalue weighted by Gasteiger charge is 2.43. The van der Waals surface area contributed by atoms with Gasteiger partial charge in [0, 0.05) is 50.8 Å². The van der Waals surface area contributed by atoms with Gasteiger partial charge in [0.05, 0.1) is 5.70 Å². The molecule has 0 aromatic heterocycles. The van der Waals surface area contributed by atoms with Crippen LogP contribution < -0.4 is 4.52 Å². The van der Waals surface area contributed by atoms with Crippen molar-refractivity contribution in [1.82, 2.24) is 14.7 Å². The highest BCUT2D eigenvalue weighted by Crippen LogP contribution is 2.35. The first-order valence-electron chi connectivity index (χ1n) is 12.1. The Labute approximate surface area is 212 Å². The van der Waals surface area contributed by atoms with Crippen molar-refractivity contribution < 1.29 is 23.9 Å². The molecule has 0 bridgehead atoms. The van der Waals surface area contributed by atoms with E-state index in [0.29, 0.717) is 22.8 Å². The molecule has 2 N–H and O–H groups in total. The lowest BCUT2D eigenvalue weighted by Gasteiger charge is -2.26. The summed E-state index contributed by atoms with van der Waals surface area (Å²) >= 11 is 0. The maximum Gasteiger partial charge on any atom is 0.391 e. The number of Topliss-reactive ketones (excluding diaryl/α,β-unsaturated/α-hetero) is 1. The summed E-state index contributed by atoms with van der Waals surface area (Å²) in [4.78, 5) is 48.1. The molecule has 188 valence electrons. The second kappa shape index (κ2) is 9.69. The van der Waals surface area contributed by atoms with E-state index in [4.69, 9.17) is 14.3 Å². The van der Waals surface area contributed by atoms with Crippen molar-refractivity contribution in [3.63, 3.8) is 0 Å². The second-order valence-corrected chi connectivity index (χ2v) is 10.4. The number of hydrogen-bond donors (Lipinski definition) is 2. The first-order chi connectivity index (χ1) is 17.3. The van der Waals surface area contributed by atoms with Crippen molar-refractivity contribution in [3.8, 4) is 5.75 Å². The lowest BCUT2D eigenvalue weighted by atomic mass is 9.78. The minimum Gasteiger partial charge on any atom is -0.427 e. The minimum absolute atomic E-state index is 0.00546. The molecule has 2 aromatic rings. The van der Waals surface area contributed by atoms with E-state index in [1.54, 1.807) is 12.1 Å². The highest BCUT2D eigenvalue weighted by molar-refractivity contribution is 7.39. The Balaban J connectivity index is 0.000000149. The van der Waals surface area contributed by atoms with Gasteiger partial charge in [-0.1, -0.05) is 56.3 Å². The zero-order chi connectivity index (χ0) is 25.4. The summed E-state index contributed by atoms with van der Waals surface area (Å²) in [5.74, 6) is 0.510. The molecular formula is C27H30N3O5P. The molecule has 3 saturated heterocycles. The Morgan fingerprint density at radius 2 is 1.28 bits per heavy atom. The maximum absolute atomic E-state index is 12.4. The Hall–Kier alpha value is -3.19. The summed E-state index contributed by atoms with van der Waals surface area (Å²) in [7, 11) is -2.36. The van der Waals surface area contributed by atoms with Crippen LogP contribution in [0, 0.1) is 0 Å². The van der Waals surface area contributed by atoms with E-state index in [1.807, 2.05) is 45.0 Å². The third kappa shape index (κ3) is 5.31. The van der Waals surface area contributed by atoms with Crippen molar-refractivity contribution in [1.29, 1.82) is 0 Å². The molecule has 2 aromatic carbocycles. The van der Waals surface area contributed by atoms with Crippen molar-refractivity contribution >= 4 is 20.2 Å². The van der Waals surface area contributed by atoms with E-state index < -0.39 is 8.60 Å². The fraction of sp³-hybridized carbons (Fsp3) is 0.333. The molecule has 3 aliphatic heterocycles. The zero-order valence-corrected chi connectivity index (χ0v) is 21.3. The van der Waals surface area contributed by atoms with Gasteiger partial charge in [0.15, 0.2) is 0 Å². The van der Waals surface area contributed by atoms with Crippen molar-refractivity contribution in [3.05, 3.63) is 88.9 Å². The Morgan fingerprint density at radius 3 is 1.81 bits per heavy atom. The van der Waals surface area contributed by atoms with E-state index in [1.165, 1.54) is 11.6 Å². The SMILES string of the molecule is CC(C)(c1ccccc1)c1ccc(OP(O)O)cc1.O=C1C=C(N2CC2)C(=O)C(N2CC2)=C1N1CC1. The summed E-state index contributed by atoms with van der Waals surface area (Å²) in [6, 6.07) is 17.7. The molecule has 36 heavy (non-hydrogen) atoms. The van der Waals surface area contributed by atoms with Gasteiger partial charge in [0.2, 0.25) is 11.6 Å². The molecule has 3 fully saturated rings. The third-order valence-electron chi connectivity index (χ3n) is 6.75. The van der Waals surface area contributed by atoms with Crippen molar-refractivity contribution in [2.75, 3.05) is 39.3 Å². The molecule has 0 unspecified atom stereocenters. The predicted molar refractivity (Wildman–Crippen MR) is 137 cm³/mol. The van der Waals surface area contributed by atoms with Gasteiger partial charge in [-0.3, -0.25) is 9.59 Å². The van der Waals surface area contributed by atoms with Gasteiger partial charge in [-0.25, -0.2) is 0 Å². The molecule has 0 atom stereocenters. The molecule has 1 aliphatic carbocycles. The summed E-state index contributed by atoms with van der Waals surface area (Å²) in [5, 5.41) is 0. The molecule has 6 rings (SSSR count). The van der Waals surface area contributed by atoms with Gasteiger partial charge in [0.25, 0.3) is 0 Å². The minimum atomic E-state index is -2.36. The zero-order valence-electron chi connectivity index (χ0n) is 20.4. The lowest BCUT2D eigenvalue weighted by molar-refractivity contribution is -0.117. The van der Waals surface area contributed by atoms with Crippen molar-refractivity contribution in [2.45, 2.75) is 19.3 Å².